The van der Waals surface area contributed by atoms with Crippen LogP contribution in [0.2, 0.25) is 0 Å². The summed E-state index contributed by atoms with van der Waals surface area (Å²) in [5, 5.41) is 3.82. The van der Waals surface area contributed by atoms with E-state index in [1.54, 1.807) is 18.2 Å². The van der Waals surface area contributed by atoms with Crippen molar-refractivity contribution < 1.29 is 12.9 Å². The average molecular weight is 327 g/mol. The topological polar surface area (TPSA) is 76.3 Å². The molecule has 1 aromatic rings. The van der Waals surface area contributed by atoms with E-state index in [-0.39, 0.29) is 16.6 Å². The van der Waals surface area contributed by atoms with Crippen LogP contribution in [0.5, 0.6) is 0 Å². The van der Waals surface area contributed by atoms with E-state index in [1.807, 2.05) is 13.8 Å². The fraction of sp³-hybridized carbons (Fsp3) is 0.867. The van der Waals surface area contributed by atoms with Gasteiger partial charge in [-0.05, 0) is 32.6 Å². The number of aromatic nitrogens is 2. The minimum Gasteiger partial charge on any atom is -0.339 e. The summed E-state index contributed by atoms with van der Waals surface area (Å²) < 4.78 is 32.1. The predicted octanol–water partition coefficient (Wildman–Crippen LogP) is 2.28. The van der Waals surface area contributed by atoms with Gasteiger partial charge >= 0.3 is 0 Å². The van der Waals surface area contributed by atoms with E-state index in [4.69, 9.17) is 4.52 Å². The van der Waals surface area contributed by atoms with Crippen molar-refractivity contribution in [1.29, 1.82) is 0 Å². The van der Waals surface area contributed by atoms with E-state index in [1.165, 1.54) is 0 Å². The molecule has 0 N–H and O–H groups in total. The zero-order chi connectivity index (χ0) is 16.1. The van der Waals surface area contributed by atoms with E-state index in [2.05, 4.69) is 10.1 Å². The number of fused-ring (bicyclic) bond motifs is 1. The van der Waals surface area contributed by atoms with Crippen molar-refractivity contribution in [1.82, 2.24) is 14.4 Å². The van der Waals surface area contributed by atoms with Gasteiger partial charge in [0.25, 0.3) is 0 Å². The van der Waals surface area contributed by atoms with Gasteiger partial charge in [-0.1, -0.05) is 25.4 Å². The second kappa shape index (κ2) is 5.30. The molecule has 1 aromatic heterocycles. The monoisotopic (exact) mass is 327 g/mol. The van der Waals surface area contributed by atoms with Crippen LogP contribution in [0.3, 0.4) is 0 Å². The molecular weight excluding hydrogens is 302 g/mol. The Bertz CT molecular complexity index is 653. The lowest BCUT2D eigenvalue weighted by molar-refractivity contribution is 0.324. The molecule has 1 aliphatic heterocycles. The molecule has 2 aliphatic rings. The molecule has 2 atom stereocenters. The Morgan fingerprint density at radius 1 is 1.32 bits per heavy atom. The van der Waals surface area contributed by atoms with Gasteiger partial charge in [0.15, 0.2) is 5.82 Å². The van der Waals surface area contributed by atoms with E-state index < -0.39 is 10.0 Å². The van der Waals surface area contributed by atoms with Gasteiger partial charge in [0.05, 0.1) is 10.7 Å². The third kappa shape index (κ3) is 2.29. The van der Waals surface area contributed by atoms with Gasteiger partial charge < -0.3 is 4.52 Å². The van der Waals surface area contributed by atoms with Crippen molar-refractivity contribution in [2.45, 2.75) is 63.5 Å². The van der Waals surface area contributed by atoms with Crippen molar-refractivity contribution in [3.05, 3.63) is 11.7 Å². The van der Waals surface area contributed by atoms with Crippen molar-refractivity contribution in [2.24, 2.45) is 5.92 Å². The molecule has 0 spiro atoms. The average Bonchev–Trinajstić information content (AvgIpc) is 3.11. The number of nitrogens with zero attached hydrogens (tertiary/aromatic N) is 3. The molecule has 0 amide bonds. The zero-order valence-electron chi connectivity index (χ0n) is 13.7. The van der Waals surface area contributed by atoms with Crippen LogP contribution in [0.15, 0.2) is 4.52 Å². The second-order valence-corrected chi connectivity index (χ2v) is 9.73. The summed E-state index contributed by atoms with van der Waals surface area (Å²) in [6.45, 7) is 8.60. The molecule has 7 heteroatoms. The first-order chi connectivity index (χ1) is 10.3. The maximum atomic E-state index is 12.5. The van der Waals surface area contributed by atoms with Crippen LogP contribution in [0.25, 0.3) is 0 Å². The standard InChI is InChI=1S/C15H25N3O3S/c1-10(2)13-16-14(17-21-13)15-7-5-6-12(15)8-18(9-15)22(19,20)11(3)4/h10-12H,5-9H2,1-4H3. The lowest BCUT2D eigenvalue weighted by Gasteiger charge is -2.25. The van der Waals surface area contributed by atoms with Crippen LogP contribution in [-0.4, -0.2) is 41.2 Å². The molecule has 1 saturated heterocycles. The fourth-order valence-corrected chi connectivity index (χ4v) is 5.17. The van der Waals surface area contributed by atoms with Crippen LogP contribution in [-0.2, 0) is 15.4 Å². The molecule has 1 aliphatic carbocycles. The van der Waals surface area contributed by atoms with E-state index in [0.717, 1.165) is 19.3 Å². The van der Waals surface area contributed by atoms with E-state index >= 15 is 0 Å². The molecule has 0 radical (unpaired) electrons. The molecule has 2 fully saturated rings. The number of rotatable bonds is 4. The Morgan fingerprint density at radius 2 is 2.05 bits per heavy atom. The van der Waals surface area contributed by atoms with Gasteiger partial charge in [-0.3, -0.25) is 0 Å². The van der Waals surface area contributed by atoms with Gasteiger partial charge in [0.2, 0.25) is 15.9 Å². The minimum atomic E-state index is -3.23. The molecule has 0 bridgehead atoms. The predicted molar refractivity (Wildman–Crippen MR) is 83.0 cm³/mol. The first-order valence-electron chi connectivity index (χ1n) is 8.10. The summed E-state index contributed by atoms with van der Waals surface area (Å²) >= 11 is 0. The Labute approximate surface area is 132 Å². The number of hydrogen-bond donors (Lipinski definition) is 0. The highest BCUT2D eigenvalue weighted by atomic mass is 32.2. The molecule has 6 nitrogen and oxygen atoms in total. The molecule has 124 valence electrons. The van der Waals surface area contributed by atoms with Gasteiger partial charge in [0, 0.05) is 19.0 Å². The summed E-state index contributed by atoms with van der Waals surface area (Å²) in [6, 6.07) is 0. The van der Waals surface area contributed by atoms with Gasteiger partial charge in [-0.2, -0.15) is 4.98 Å². The molecule has 1 saturated carbocycles. The molecule has 2 heterocycles. The molecule has 2 unspecified atom stereocenters. The quantitative estimate of drug-likeness (QED) is 0.848. The van der Waals surface area contributed by atoms with Crippen LogP contribution >= 0.6 is 0 Å². The Kier molecular flexibility index (Phi) is 3.84. The highest BCUT2D eigenvalue weighted by Gasteiger charge is 2.56. The normalized spacial score (nSPS) is 29.6. The Balaban J connectivity index is 1.94. The third-order valence-corrected chi connectivity index (χ3v) is 7.37. The molecular formula is C15H25N3O3S. The fourth-order valence-electron chi connectivity index (χ4n) is 3.77. The Hall–Kier alpha value is -0.950. The van der Waals surface area contributed by atoms with Gasteiger partial charge in [-0.25, -0.2) is 12.7 Å². The minimum absolute atomic E-state index is 0.189. The molecule has 0 aromatic carbocycles. The largest absolute Gasteiger partial charge is 0.339 e. The number of hydrogen-bond acceptors (Lipinski definition) is 5. The summed E-state index contributed by atoms with van der Waals surface area (Å²) in [6.07, 6.45) is 3.08. The summed E-state index contributed by atoms with van der Waals surface area (Å²) in [5.74, 6) is 1.84. The van der Waals surface area contributed by atoms with Crippen molar-refractivity contribution >= 4 is 10.0 Å². The van der Waals surface area contributed by atoms with E-state index in [0.29, 0.717) is 30.7 Å². The van der Waals surface area contributed by atoms with Gasteiger partial charge in [0.1, 0.15) is 0 Å². The first kappa shape index (κ1) is 15.9. The summed E-state index contributed by atoms with van der Waals surface area (Å²) in [7, 11) is -3.23. The van der Waals surface area contributed by atoms with Crippen molar-refractivity contribution in [3.63, 3.8) is 0 Å². The highest BCUT2D eigenvalue weighted by molar-refractivity contribution is 7.89. The lowest BCUT2D eigenvalue weighted by atomic mass is 9.80. The highest BCUT2D eigenvalue weighted by Crippen LogP contribution is 2.50. The summed E-state index contributed by atoms with van der Waals surface area (Å²) in [5.41, 5.74) is -0.251. The molecule has 3 rings (SSSR count). The van der Waals surface area contributed by atoms with Crippen LogP contribution in [0.4, 0.5) is 0 Å². The maximum absolute atomic E-state index is 12.5. The Morgan fingerprint density at radius 3 is 2.64 bits per heavy atom. The maximum Gasteiger partial charge on any atom is 0.229 e. The van der Waals surface area contributed by atoms with Gasteiger partial charge in [-0.15, -0.1) is 0 Å². The van der Waals surface area contributed by atoms with Crippen LogP contribution in [0.1, 0.15) is 64.6 Å². The van der Waals surface area contributed by atoms with Crippen molar-refractivity contribution in [3.8, 4) is 0 Å². The lowest BCUT2D eigenvalue weighted by Crippen LogP contribution is -2.38. The zero-order valence-corrected chi connectivity index (χ0v) is 14.6. The van der Waals surface area contributed by atoms with Crippen molar-refractivity contribution in [2.75, 3.05) is 13.1 Å². The number of sulfonamides is 1. The second-order valence-electron chi connectivity index (χ2n) is 7.24. The summed E-state index contributed by atoms with van der Waals surface area (Å²) in [4.78, 5) is 4.59. The van der Waals surface area contributed by atoms with Crippen LogP contribution in [0, 0.1) is 5.92 Å². The molecule has 22 heavy (non-hydrogen) atoms. The smallest absolute Gasteiger partial charge is 0.229 e. The van der Waals surface area contributed by atoms with Crippen LogP contribution < -0.4 is 0 Å². The first-order valence-corrected chi connectivity index (χ1v) is 9.61. The SMILES string of the molecule is CC(C)c1nc(C23CCCC2CN(S(=O)(=O)C(C)C)C3)no1. The third-order valence-electron chi connectivity index (χ3n) is 5.18. The van der Waals surface area contributed by atoms with E-state index in [9.17, 15) is 8.42 Å².